The molecular formula is C26H30N6O2S. The molecule has 35 heavy (non-hydrogen) atoms. The number of nitrogens with one attached hydrogen (secondary N) is 2. The molecule has 2 N–H and O–H groups in total. The quantitative estimate of drug-likeness (QED) is 0.581. The van der Waals surface area contributed by atoms with E-state index in [1.165, 1.54) is 5.56 Å². The first-order valence-corrected chi connectivity index (χ1v) is 13.0. The first-order chi connectivity index (χ1) is 16.9. The van der Waals surface area contributed by atoms with Gasteiger partial charge in [0.2, 0.25) is 0 Å². The van der Waals surface area contributed by atoms with Crippen LogP contribution in [0.25, 0.3) is 11.1 Å². The third-order valence-electron chi connectivity index (χ3n) is 6.81. The van der Waals surface area contributed by atoms with E-state index in [4.69, 9.17) is 14.7 Å². The number of thiazole rings is 1. The number of benzene rings is 1. The molecule has 0 radical (unpaired) electrons. The first kappa shape index (κ1) is 22.3. The molecule has 0 unspecified atom stereocenters. The molecular weight excluding hydrogens is 460 g/mol. The lowest BCUT2D eigenvalue weighted by Crippen LogP contribution is -2.48. The number of ether oxygens (including phenoxy) is 1. The van der Waals surface area contributed by atoms with Gasteiger partial charge in [0.15, 0.2) is 5.13 Å². The van der Waals surface area contributed by atoms with Crippen LogP contribution < -0.4 is 25.2 Å². The number of piperazine rings is 1. The predicted molar refractivity (Wildman–Crippen MR) is 139 cm³/mol. The fraction of sp³-hybridized carbons (Fsp3) is 0.423. The average Bonchev–Trinajstić information content (AvgIpc) is 3.27. The van der Waals surface area contributed by atoms with Crippen LogP contribution in [0.3, 0.4) is 0 Å². The Hall–Kier alpha value is -3.17. The molecule has 3 aliphatic rings. The second-order valence-corrected chi connectivity index (χ2v) is 11.1. The van der Waals surface area contributed by atoms with Gasteiger partial charge >= 0.3 is 0 Å². The minimum Gasteiger partial charge on any atom is -0.490 e. The number of hydrogen-bond acceptors (Lipinski definition) is 8. The molecule has 9 heteroatoms. The van der Waals surface area contributed by atoms with E-state index >= 15 is 0 Å². The number of hydrogen-bond donors (Lipinski definition) is 2. The number of pyridine rings is 1. The van der Waals surface area contributed by atoms with Gasteiger partial charge in [-0.15, -0.1) is 11.3 Å². The van der Waals surface area contributed by atoms with Gasteiger partial charge < -0.3 is 25.2 Å². The summed E-state index contributed by atoms with van der Waals surface area (Å²) in [6.45, 7) is 11.4. The zero-order valence-electron chi connectivity index (χ0n) is 20.4. The topological polar surface area (TPSA) is 82.6 Å². The minimum absolute atomic E-state index is 0.0906. The normalized spacial score (nSPS) is 19.0. The Bertz CT molecular complexity index is 1300. The van der Waals surface area contributed by atoms with E-state index in [9.17, 15) is 4.79 Å². The summed E-state index contributed by atoms with van der Waals surface area (Å²) in [5, 5.41) is 7.30. The summed E-state index contributed by atoms with van der Waals surface area (Å²) >= 11 is 1.61. The number of anilines is 3. The molecule has 1 aromatic carbocycles. The molecule has 1 amide bonds. The number of carbonyl (C=O) groups is 1. The van der Waals surface area contributed by atoms with Gasteiger partial charge in [-0.2, -0.15) is 0 Å². The van der Waals surface area contributed by atoms with E-state index in [1.807, 2.05) is 26.1 Å². The number of aromatic nitrogens is 2. The number of fused-ring (bicyclic) bond motifs is 2. The van der Waals surface area contributed by atoms with E-state index in [0.717, 1.165) is 71.0 Å². The molecule has 0 saturated carbocycles. The van der Waals surface area contributed by atoms with Gasteiger partial charge in [-0.3, -0.25) is 4.79 Å². The largest absolute Gasteiger partial charge is 0.490 e. The Morgan fingerprint density at radius 2 is 1.94 bits per heavy atom. The molecule has 0 spiro atoms. The van der Waals surface area contributed by atoms with Crippen LogP contribution in [0, 0.1) is 6.92 Å². The van der Waals surface area contributed by atoms with Crippen LogP contribution in [0.2, 0.25) is 0 Å². The van der Waals surface area contributed by atoms with Gasteiger partial charge in [-0.25, -0.2) is 9.97 Å². The second kappa shape index (κ2) is 8.49. The Morgan fingerprint density at radius 3 is 2.74 bits per heavy atom. The predicted octanol–water partition coefficient (Wildman–Crippen LogP) is 3.52. The standard InChI is InChI=1S/C26H30N6O2S/c1-16-12-18(15-28-23(16)31-8-6-27-7-9-31)17-4-5-20-19(13-17)32(10-11-34-20)25-29-22-21(35-25)14-26(2,3)30-24(22)33/h4-5,12-13,15,27H,6-11,14H2,1-3H3,(H,30,33). The van der Waals surface area contributed by atoms with Crippen molar-refractivity contribution in [3.05, 3.63) is 46.6 Å². The summed E-state index contributed by atoms with van der Waals surface area (Å²) in [6, 6.07) is 8.49. The van der Waals surface area contributed by atoms with Crippen molar-refractivity contribution >= 4 is 33.9 Å². The molecule has 3 aliphatic heterocycles. The van der Waals surface area contributed by atoms with Crippen LogP contribution in [0.15, 0.2) is 30.5 Å². The van der Waals surface area contributed by atoms with Crippen molar-refractivity contribution in [2.45, 2.75) is 32.7 Å². The fourth-order valence-electron chi connectivity index (χ4n) is 5.09. The Labute approximate surface area is 209 Å². The summed E-state index contributed by atoms with van der Waals surface area (Å²) in [5.41, 5.74) is 4.61. The molecule has 5 heterocycles. The molecule has 0 aliphatic carbocycles. The lowest BCUT2D eigenvalue weighted by Gasteiger charge is -2.30. The number of amides is 1. The monoisotopic (exact) mass is 490 g/mol. The number of nitrogens with zero attached hydrogens (tertiary/aromatic N) is 4. The molecule has 0 atom stereocenters. The summed E-state index contributed by atoms with van der Waals surface area (Å²) < 4.78 is 5.97. The van der Waals surface area contributed by atoms with E-state index in [-0.39, 0.29) is 11.4 Å². The molecule has 8 nitrogen and oxygen atoms in total. The van der Waals surface area contributed by atoms with Crippen molar-refractivity contribution in [3.8, 4) is 16.9 Å². The van der Waals surface area contributed by atoms with Crippen molar-refractivity contribution in [1.82, 2.24) is 20.6 Å². The van der Waals surface area contributed by atoms with E-state index in [1.54, 1.807) is 11.3 Å². The maximum Gasteiger partial charge on any atom is 0.271 e. The highest BCUT2D eigenvalue weighted by molar-refractivity contribution is 7.16. The average molecular weight is 491 g/mol. The van der Waals surface area contributed by atoms with E-state index < -0.39 is 0 Å². The zero-order valence-corrected chi connectivity index (χ0v) is 21.2. The van der Waals surface area contributed by atoms with Gasteiger partial charge in [0, 0.05) is 54.8 Å². The van der Waals surface area contributed by atoms with Crippen LogP contribution in [-0.2, 0) is 6.42 Å². The highest BCUT2D eigenvalue weighted by Crippen LogP contribution is 2.42. The molecule has 182 valence electrons. The van der Waals surface area contributed by atoms with Gasteiger partial charge in [-0.1, -0.05) is 6.07 Å². The van der Waals surface area contributed by atoms with Gasteiger partial charge in [0.05, 0.1) is 12.2 Å². The molecule has 2 aromatic heterocycles. The van der Waals surface area contributed by atoms with E-state index in [2.05, 4.69) is 45.6 Å². The fourth-order valence-corrected chi connectivity index (χ4v) is 6.42. The maximum absolute atomic E-state index is 12.6. The maximum atomic E-state index is 12.6. The minimum atomic E-state index is -0.258. The van der Waals surface area contributed by atoms with Crippen LogP contribution in [0.1, 0.15) is 34.8 Å². The number of rotatable bonds is 3. The molecule has 3 aromatic rings. The van der Waals surface area contributed by atoms with Crippen LogP contribution in [0.4, 0.5) is 16.6 Å². The Balaban J connectivity index is 1.33. The number of aryl methyl sites for hydroxylation is 1. The van der Waals surface area contributed by atoms with Gasteiger partial charge in [0.25, 0.3) is 5.91 Å². The second-order valence-electron chi connectivity index (χ2n) is 10.1. The highest BCUT2D eigenvalue weighted by atomic mass is 32.1. The molecule has 1 saturated heterocycles. The zero-order chi connectivity index (χ0) is 24.2. The van der Waals surface area contributed by atoms with Crippen molar-refractivity contribution in [2.75, 3.05) is 49.1 Å². The first-order valence-electron chi connectivity index (χ1n) is 12.2. The van der Waals surface area contributed by atoms with Crippen LogP contribution >= 0.6 is 11.3 Å². The van der Waals surface area contributed by atoms with Gasteiger partial charge in [0.1, 0.15) is 23.9 Å². The molecule has 0 bridgehead atoms. The Kier molecular flexibility index (Phi) is 5.41. The van der Waals surface area contributed by atoms with Crippen LogP contribution in [-0.4, -0.2) is 60.7 Å². The number of carbonyl (C=O) groups excluding carboxylic acids is 1. The highest BCUT2D eigenvalue weighted by Gasteiger charge is 2.35. The smallest absolute Gasteiger partial charge is 0.271 e. The Morgan fingerprint density at radius 1 is 1.11 bits per heavy atom. The molecule has 1 fully saturated rings. The lowest BCUT2D eigenvalue weighted by molar-refractivity contribution is 0.0893. The third kappa shape index (κ3) is 4.12. The van der Waals surface area contributed by atoms with Crippen molar-refractivity contribution < 1.29 is 9.53 Å². The summed E-state index contributed by atoms with van der Waals surface area (Å²) in [6.07, 6.45) is 2.75. The van der Waals surface area contributed by atoms with E-state index in [0.29, 0.717) is 18.8 Å². The summed E-state index contributed by atoms with van der Waals surface area (Å²) in [7, 11) is 0. The van der Waals surface area contributed by atoms with Crippen molar-refractivity contribution in [1.29, 1.82) is 0 Å². The SMILES string of the molecule is Cc1cc(-c2ccc3c(c2)N(c2nc4c(s2)CC(C)(C)NC4=O)CCO3)cnc1N1CCNCC1. The van der Waals surface area contributed by atoms with Crippen molar-refractivity contribution in [2.24, 2.45) is 0 Å². The molecule has 6 rings (SSSR count). The lowest BCUT2D eigenvalue weighted by atomic mass is 9.95. The third-order valence-corrected chi connectivity index (χ3v) is 7.89. The van der Waals surface area contributed by atoms with Gasteiger partial charge in [-0.05, 0) is 50.1 Å². The summed E-state index contributed by atoms with van der Waals surface area (Å²) in [5.74, 6) is 1.81. The van der Waals surface area contributed by atoms with Crippen molar-refractivity contribution in [3.63, 3.8) is 0 Å². The van der Waals surface area contributed by atoms with Crippen LogP contribution in [0.5, 0.6) is 5.75 Å². The summed E-state index contributed by atoms with van der Waals surface area (Å²) in [4.78, 5) is 27.8.